The van der Waals surface area contributed by atoms with Gasteiger partial charge in [-0.05, 0) is 55.7 Å². The number of aromatic nitrogens is 2. The third kappa shape index (κ3) is 5.20. The van der Waals surface area contributed by atoms with Gasteiger partial charge in [-0.1, -0.05) is 24.3 Å². The molecule has 1 aliphatic heterocycles. The van der Waals surface area contributed by atoms with Crippen LogP contribution in [0.2, 0.25) is 0 Å². The Labute approximate surface area is 188 Å². The van der Waals surface area contributed by atoms with Crippen LogP contribution in [0.15, 0.2) is 65.7 Å². The molecule has 6 nitrogen and oxygen atoms in total. The molecule has 32 heavy (non-hydrogen) atoms. The van der Waals surface area contributed by atoms with Crippen LogP contribution in [0.1, 0.15) is 24.7 Å². The second-order valence-electron chi connectivity index (χ2n) is 8.04. The van der Waals surface area contributed by atoms with Gasteiger partial charge < -0.3 is 5.32 Å². The highest BCUT2D eigenvalue weighted by Crippen LogP contribution is 2.25. The number of rotatable bonds is 7. The van der Waals surface area contributed by atoms with E-state index in [1.54, 1.807) is 46.9 Å². The summed E-state index contributed by atoms with van der Waals surface area (Å²) in [5.41, 5.74) is 2.37. The fourth-order valence-electron chi connectivity index (χ4n) is 3.95. The zero-order valence-electron chi connectivity index (χ0n) is 18.0. The first kappa shape index (κ1) is 22.5. The molecule has 3 aromatic rings. The van der Waals surface area contributed by atoms with Crippen molar-refractivity contribution < 1.29 is 12.8 Å². The summed E-state index contributed by atoms with van der Waals surface area (Å²) in [6, 6.07) is 15.2. The van der Waals surface area contributed by atoms with Crippen LogP contribution in [-0.2, 0) is 22.9 Å². The quantitative estimate of drug-likeness (QED) is 0.592. The lowest BCUT2D eigenvalue weighted by atomic mass is 10.1. The molecule has 8 heteroatoms. The van der Waals surface area contributed by atoms with E-state index in [1.807, 2.05) is 19.1 Å². The van der Waals surface area contributed by atoms with Crippen LogP contribution in [0, 0.1) is 5.82 Å². The molecule has 1 atom stereocenters. The highest BCUT2D eigenvalue weighted by atomic mass is 32.2. The molecule has 1 fully saturated rings. The first-order valence-corrected chi connectivity index (χ1v) is 12.3. The van der Waals surface area contributed by atoms with Crippen molar-refractivity contribution >= 4 is 10.0 Å². The highest BCUT2D eigenvalue weighted by Gasteiger charge is 2.31. The highest BCUT2D eigenvalue weighted by molar-refractivity contribution is 7.89. The van der Waals surface area contributed by atoms with Crippen molar-refractivity contribution in [3.63, 3.8) is 0 Å². The summed E-state index contributed by atoms with van der Waals surface area (Å²) in [6.45, 7) is 3.66. The molecule has 1 aliphatic rings. The predicted molar refractivity (Wildman–Crippen MR) is 122 cm³/mol. The monoisotopic (exact) mass is 454 g/mol. The molecule has 0 bridgehead atoms. The van der Waals surface area contributed by atoms with Crippen molar-refractivity contribution in [1.29, 1.82) is 0 Å². The van der Waals surface area contributed by atoms with E-state index in [0.717, 1.165) is 24.0 Å². The van der Waals surface area contributed by atoms with E-state index < -0.39 is 10.0 Å². The van der Waals surface area contributed by atoms with Gasteiger partial charge in [0.15, 0.2) is 0 Å². The summed E-state index contributed by atoms with van der Waals surface area (Å²) in [5.74, 6) is 0.452. The van der Waals surface area contributed by atoms with Gasteiger partial charge in [0, 0.05) is 43.9 Å². The molecular weight excluding hydrogens is 427 g/mol. The van der Waals surface area contributed by atoms with Crippen molar-refractivity contribution in [1.82, 2.24) is 19.6 Å². The van der Waals surface area contributed by atoms with E-state index in [9.17, 15) is 12.8 Å². The largest absolute Gasteiger partial charge is 0.314 e. The molecule has 1 N–H and O–H groups in total. The number of hydrogen-bond donors (Lipinski definition) is 1. The Hall–Kier alpha value is -2.68. The molecule has 1 aromatic heterocycles. The normalized spacial score (nSPS) is 17.4. The zero-order chi connectivity index (χ0) is 22.6. The Bertz CT molecular complexity index is 1190. The molecule has 4 rings (SSSR count). The predicted octanol–water partition coefficient (Wildman–Crippen LogP) is 3.44. The van der Waals surface area contributed by atoms with Crippen LogP contribution < -0.4 is 5.32 Å². The summed E-state index contributed by atoms with van der Waals surface area (Å²) in [4.78, 5) is 9.26. The molecular formula is C24H27FN4O2S. The summed E-state index contributed by atoms with van der Waals surface area (Å²) in [5, 5.41) is 3.22. The molecule has 0 radical (unpaired) electrons. The number of piperazine rings is 1. The minimum absolute atomic E-state index is 0.0962. The number of nitrogens with one attached hydrogen (secondary N) is 1. The second kappa shape index (κ2) is 9.85. The van der Waals surface area contributed by atoms with Gasteiger partial charge in [-0.2, -0.15) is 4.31 Å². The van der Waals surface area contributed by atoms with Crippen molar-refractivity contribution in [3.05, 3.63) is 78.0 Å². The molecule has 0 spiro atoms. The van der Waals surface area contributed by atoms with E-state index in [1.165, 1.54) is 6.07 Å². The number of aryl methyl sites for hydroxylation is 2. The minimum Gasteiger partial charge on any atom is -0.314 e. The van der Waals surface area contributed by atoms with Gasteiger partial charge in [0.2, 0.25) is 10.0 Å². The fourth-order valence-corrected chi connectivity index (χ4v) is 5.63. The van der Waals surface area contributed by atoms with E-state index in [4.69, 9.17) is 0 Å². The molecule has 0 saturated carbocycles. The molecule has 0 amide bonds. The summed E-state index contributed by atoms with van der Waals surface area (Å²) in [6.07, 6.45) is 3.88. The SMILES string of the molecule is C[C@H]1CNCCN1S(=O)(=O)c1cccc(-c2ccnc(CCCc3cccc(F)c3)n2)c1. The molecule has 168 valence electrons. The van der Waals surface area contributed by atoms with Gasteiger partial charge in [-0.25, -0.2) is 22.8 Å². The van der Waals surface area contributed by atoms with Crippen molar-refractivity contribution in [2.24, 2.45) is 0 Å². The van der Waals surface area contributed by atoms with E-state index in [2.05, 4.69) is 15.3 Å². The maximum atomic E-state index is 13.3. The molecule has 1 saturated heterocycles. The van der Waals surface area contributed by atoms with Crippen LogP contribution in [0.4, 0.5) is 4.39 Å². The van der Waals surface area contributed by atoms with E-state index in [-0.39, 0.29) is 16.8 Å². The van der Waals surface area contributed by atoms with Crippen LogP contribution in [0.3, 0.4) is 0 Å². The third-order valence-corrected chi connectivity index (χ3v) is 7.65. The Morgan fingerprint density at radius 1 is 1.12 bits per heavy atom. The van der Waals surface area contributed by atoms with Gasteiger partial charge in [-0.15, -0.1) is 0 Å². The number of sulfonamides is 1. The lowest BCUT2D eigenvalue weighted by molar-refractivity contribution is 0.284. The second-order valence-corrected chi connectivity index (χ2v) is 9.93. The lowest BCUT2D eigenvalue weighted by Crippen LogP contribution is -2.52. The maximum Gasteiger partial charge on any atom is 0.243 e. The van der Waals surface area contributed by atoms with Gasteiger partial charge in [0.25, 0.3) is 0 Å². The Morgan fingerprint density at radius 2 is 1.97 bits per heavy atom. The summed E-state index contributed by atoms with van der Waals surface area (Å²) in [7, 11) is -3.58. The summed E-state index contributed by atoms with van der Waals surface area (Å²) >= 11 is 0. The first-order valence-electron chi connectivity index (χ1n) is 10.8. The number of nitrogens with zero attached hydrogens (tertiary/aromatic N) is 3. The van der Waals surface area contributed by atoms with Gasteiger partial charge >= 0.3 is 0 Å². The smallest absolute Gasteiger partial charge is 0.243 e. The van der Waals surface area contributed by atoms with Gasteiger partial charge in [0.1, 0.15) is 11.6 Å². The summed E-state index contributed by atoms with van der Waals surface area (Å²) < 4.78 is 41.3. The number of halogens is 1. The minimum atomic E-state index is -3.58. The molecule has 2 heterocycles. The van der Waals surface area contributed by atoms with Crippen LogP contribution >= 0.6 is 0 Å². The number of hydrogen-bond acceptors (Lipinski definition) is 5. The Balaban J connectivity index is 1.49. The zero-order valence-corrected chi connectivity index (χ0v) is 18.9. The van der Waals surface area contributed by atoms with E-state index in [0.29, 0.717) is 37.6 Å². The fraction of sp³-hybridized carbons (Fsp3) is 0.333. The van der Waals surface area contributed by atoms with Gasteiger partial charge in [-0.3, -0.25) is 0 Å². The molecule has 0 aliphatic carbocycles. The lowest BCUT2D eigenvalue weighted by Gasteiger charge is -2.32. The third-order valence-electron chi connectivity index (χ3n) is 5.64. The topological polar surface area (TPSA) is 75.2 Å². The number of benzene rings is 2. The Kier molecular flexibility index (Phi) is 6.93. The van der Waals surface area contributed by atoms with Crippen LogP contribution in [0.5, 0.6) is 0 Å². The van der Waals surface area contributed by atoms with Gasteiger partial charge in [0.05, 0.1) is 10.6 Å². The van der Waals surface area contributed by atoms with Crippen LogP contribution in [-0.4, -0.2) is 48.4 Å². The molecule has 0 unspecified atom stereocenters. The Morgan fingerprint density at radius 3 is 2.78 bits per heavy atom. The average molecular weight is 455 g/mol. The average Bonchev–Trinajstić information content (AvgIpc) is 2.80. The standard InChI is InChI=1S/C24H27FN4O2S/c1-18-17-26-13-14-29(18)32(30,31)22-9-4-7-20(16-22)23-11-12-27-24(28-23)10-3-6-19-5-2-8-21(25)15-19/h2,4-5,7-9,11-12,15-16,18,26H,3,6,10,13-14,17H2,1H3/t18-/m0/s1. The van der Waals surface area contributed by atoms with Crippen LogP contribution in [0.25, 0.3) is 11.3 Å². The van der Waals surface area contributed by atoms with E-state index >= 15 is 0 Å². The molecule has 2 aromatic carbocycles. The van der Waals surface area contributed by atoms with Crippen molar-refractivity contribution in [2.45, 2.75) is 37.1 Å². The van der Waals surface area contributed by atoms with Crippen molar-refractivity contribution in [2.75, 3.05) is 19.6 Å². The maximum absolute atomic E-state index is 13.3. The first-order chi connectivity index (χ1) is 15.4. The van der Waals surface area contributed by atoms with Crippen molar-refractivity contribution in [3.8, 4) is 11.3 Å².